The fraction of sp³-hybridized carbons (Fsp3) is 0.533. The number of benzene rings is 2. The first kappa shape index (κ1) is 34.3. The number of esters is 2. The number of fused-ring (bicyclic) bond motifs is 2. The van der Waals surface area contributed by atoms with E-state index in [1.807, 2.05) is 36.4 Å². The third-order valence-corrected chi connectivity index (χ3v) is 7.23. The van der Waals surface area contributed by atoms with E-state index in [0.717, 1.165) is 44.4 Å². The first-order chi connectivity index (χ1) is 19.6. The zero-order valence-corrected chi connectivity index (χ0v) is 28.0. The molecule has 0 spiro atoms. The second kappa shape index (κ2) is 14.5. The van der Waals surface area contributed by atoms with Crippen molar-refractivity contribution in [2.75, 3.05) is 0 Å². The Kier molecular flexibility index (Phi) is 11.8. The fourth-order valence-electron chi connectivity index (χ4n) is 4.49. The zero-order valence-electron chi connectivity index (χ0n) is 24.8. The summed E-state index contributed by atoms with van der Waals surface area (Å²) in [7, 11) is 0. The molecule has 10 nitrogen and oxygen atoms in total. The summed E-state index contributed by atoms with van der Waals surface area (Å²) in [5, 5.41) is 0. The van der Waals surface area contributed by atoms with Gasteiger partial charge in [-0.3, -0.25) is 9.68 Å². The highest BCUT2D eigenvalue weighted by Gasteiger charge is 2.38. The Morgan fingerprint density at radius 1 is 0.738 bits per heavy atom. The van der Waals surface area contributed by atoms with E-state index in [2.05, 4.69) is 31.9 Å². The standard InChI is InChI=1S/2C15H20BrNO4/c2*1-15(2,3)20-14(18)13(21-17)12-6-4-9-8-10(16)5-7-11(9)19-12/h2*5,7-8,12-13H,4,6,17H2,1-3H3. The molecule has 2 aromatic carbocycles. The highest BCUT2D eigenvalue weighted by atomic mass is 79.9. The number of hydrogen-bond donors (Lipinski definition) is 2. The number of aryl methyl sites for hydroxylation is 2. The van der Waals surface area contributed by atoms with E-state index in [1.165, 1.54) is 0 Å². The van der Waals surface area contributed by atoms with Crippen molar-refractivity contribution in [1.82, 2.24) is 0 Å². The molecule has 12 heteroatoms. The van der Waals surface area contributed by atoms with Gasteiger partial charge < -0.3 is 18.9 Å². The molecule has 42 heavy (non-hydrogen) atoms. The average Bonchev–Trinajstić information content (AvgIpc) is 2.88. The average molecular weight is 716 g/mol. The van der Waals surface area contributed by atoms with Gasteiger partial charge >= 0.3 is 11.9 Å². The van der Waals surface area contributed by atoms with Gasteiger partial charge in [-0.1, -0.05) is 31.9 Å². The third-order valence-electron chi connectivity index (χ3n) is 6.24. The lowest BCUT2D eigenvalue weighted by Gasteiger charge is -2.31. The zero-order chi connectivity index (χ0) is 31.2. The van der Waals surface area contributed by atoms with E-state index < -0.39 is 47.6 Å². The van der Waals surface area contributed by atoms with Crippen LogP contribution in [0.4, 0.5) is 0 Å². The highest BCUT2D eigenvalue weighted by Crippen LogP contribution is 2.33. The predicted octanol–water partition coefficient (Wildman–Crippen LogP) is 5.49. The summed E-state index contributed by atoms with van der Waals surface area (Å²) in [6, 6.07) is 11.6. The fourth-order valence-corrected chi connectivity index (χ4v) is 5.31. The van der Waals surface area contributed by atoms with Crippen molar-refractivity contribution in [3.63, 3.8) is 0 Å². The summed E-state index contributed by atoms with van der Waals surface area (Å²) in [4.78, 5) is 33.9. The highest BCUT2D eigenvalue weighted by molar-refractivity contribution is 9.10. The summed E-state index contributed by atoms with van der Waals surface area (Å²) in [6.45, 7) is 10.8. The van der Waals surface area contributed by atoms with E-state index >= 15 is 0 Å². The van der Waals surface area contributed by atoms with Gasteiger partial charge in [-0.2, -0.15) is 0 Å². The van der Waals surface area contributed by atoms with Crippen molar-refractivity contribution < 1.29 is 38.2 Å². The molecule has 4 unspecified atom stereocenters. The second-order valence-electron chi connectivity index (χ2n) is 12.1. The predicted molar refractivity (Wildman–Crippen MR) is 164 cm³/mol. The smallest absolute Gasteiger partial charge is 0.341 e. The quantitative estimate of drug-likeness (QED) is 0.292. The van der Waals surface area contributed by atoms with Crippen LogP contribution in [-0.2, 0) is 41.6 Å². The molecule has 0 aliphatic carbocycles. The van der Waals surface area contributed by atoms with Crippen LogP contribution in [0.5, 0.6) is 11.5 Å². The van der Waals surface area contributed by atoms with E-state index in [0.29, 0.717) is 12.8 Å². The van der Waals surface area contributed by atoms with Gasteiger partial charge in [0.15, 0.2) is 0 Å². The number of rotatable bonds is 6. The molecule has 2 aliphatic heterocycles. The van der Waals surface area contributed by atoms with Crippen LogP contribution in [0.25, 0.3) is 0 Å². The molecule has 0 fully saturated rings. The number of halogens is 2. The Morgan fingerprint density at radius 2 is 1.10 bits per heavy atom. The Morgan fingerprint density at radius 3 is 1.40 bits per heavy atom. The van der Waals surface area contributed by atoms with E-state index in [4.69, 9.17) is 40.4 Å². The molecular weight excluding hydrogens is 676 g/mol. The molecule has 2 aliphatic rings. The first-order valence-electron chi connectivity index (χ1n) is 13.7. The summed E-state index contributed by atoms with van der Waals surface area (Å²) < 4.78 is 24.3. The van der Waals surface area contributed by atoms with E-state index in [9.17, 15) is 9.59 Å². The maximum Gasteiger partial charge on any atom is 0.341 e. The lowest BCUT2D eigenvalue weighted by atomic mass is 9.99. The molecule has 0 amide bonds. The Balaban J connectivity index is 0.000000230. The molecule has 0 saturated carbocycles. The molecule has 4 atom stereocenters. The van der Waals surface area contributed by atoms with Gasteiger partial charge in [0.25, 0.3) is 0 Å². The molecule has 2 aromatic rings. The monoisotopic (exact) mass is 714 g/mol. The van der Waals surface area contributed by atoms with Crippen LogP contribution in [0.3, 0.4) is 0 Å². The van der Waals surface area contributed by atoms with E-state index in [1.54, 1.807) is 41.5 Å². The van der Waals surface area contributed by atoms with Crippen molar-refractivity contribution in [1.29, 1.82) is 0 Å². The van der Waals surface area contributed by atoms with Crippen molar-refractivity contribution in [3.05, 3.63) is 56.5 Å². The van der Waals surface area contributed by atoms with Gasteiger partial charge in [0.1, 0.15) is 34.9 Å². The van der Waals surface area contributed by atoms with Crippen molar-refractivity contribution >= 4 is 43.8 Å². The lowest BCUT2D eigenvalue weighted by Crippen LogP contribution is -2.46. The van der Waals surface area contributed by atoms with E-state index in [-0.39, 0.29) is 0 Å². The van der Waals surface area contributed by atoms with Crippen LogP contribution >= 0.6 is 31.9 Å². The summed E-state index contributed by atoms with van der Waals surface area (Å²) >= 11 is 6.86. The molecule has 4 rings (SSSR count). The molecule has 0 bridgehead atoms. The molecule has 0 radical (unpaired) electrons. The number of nitrogens with two attached hydrogens (primary N) is 2. The Hall–Kier alpha value is -2.22. The minimum absolute atomic E-state index is 0.446. The third kappa shape index (κ3) is 9.92. The molecule has 2 heterocycles. The SMILES string of the molecule is CC(C)(C)OC(=O)C(ON)C1CCc2cc(Br)ccc2O1.CC(C)(C)OC(=O)C(ON)C1CCc2cc(Br)ccc2O1. The normalized spacial score (nSPS) is 19.4. The van der Waals surface area contributed by atoms with Crippen molar-refractivity contribution in [3.8, 4) is 11.5 Å². The van der Waals surface area contributed by atoms with Crippen LogP contribution in [0.2, 0.25) is 0 Å². The van der Waals surface area contributed by atoms with Crippen molar-refractivity contribution in [2.45, 2.75) is 103 Å². The second-order valence-corrected chi connectivity index (χ2v) is 13.9. The first-order valence-corrected chi connectivity index (χ1v) is 15.3. The van der Waals surface area contributed by atoms with Crippen LogP contribution in [0.1, 0.15) is 65.5 Å². The molecule has 0 aromatic heterocycles. The van der Waals surface area contributed by atoms with Crippen LogP contribution in [-0.4, -0.2) is 47.6 Å². The summed E-state index contributed by atoms with van der Waals surface area (Å²) in [6.07, 6.45) is 0.123. The van der Waals surface area contributed by atoms with Crippen LogP contribution in [0.15, 0.2) is 45.3 Å². The number of ether oxygens (including phenoxy) is 4. The minimum Gasteiger partial charge on any atom is -0.487 e. The van der Waals surface area contributed by atoms with Crippen molar-refractivity contribution in [2.24, 2.45) is 11.8 Å². The van der Waals surface area contributed by atoms with Gasteiger partial charge in [0, 0.05) is 8.95 Å². The Labute approximate surface area is 263 Å². The number of carbonyl (C=O) groups excluding carboxylic acids is 2. The topological polar surface area (TPSA) is 142 Å². The molecule has 232 valence electrons. The maximum absolute atomic E-state index is 12.1. The Bertz CT molecular complexity index is 1150. The van der Waals surface area contributed by atoms with Crippen LogP contribution < -0.4 is 21.3 Å². The number of hydrogen-bond acceptors (Lipinski definition) is 10. The summed E-state index contributed by atoms with van der Waals surface area (Å²) in [5.41, 5.74) is 1.01. The number of carbonyl (C=O) groups is 2. The van der Waals surface area contributed by atoms with Gasteiger partial charge in [-0.05, 0) is 115 Å². The maximum atomic E-state index is 12.1. The van der Waals surface area contributed by atoms with Gasteiger partial charge in [0.05, 0.1) is 0 Å². The lowest BCUT2D eigenvalue weighted by molar-refractivity contribution is -0.177. The molecule has 0 saturated heterocycles. The van der Waals surface area contributed by atoms with Gasteiger partial charge in [-0.15, -0.1) is 0 Å². The largest absolute Gasteiger partial charge is 0.487 e. The molecular formula is C30H40Br2N2O8. The minimum atomic E-state index is -0.930. The van der Waals surface area contributed by atoms with Gasteiger partial charge in [0.2, 0.25) is 12.2 Å². The summed E-state index contributed by atoms with van der Waals surface area (Å²) in [5.74, 6) is 11.1. The van der Waals surface area contributed by atoms with Crippen LogP contribution in [0, 0.1) is 0 Å². The van der Waals surface area contributed by atoms with Gasteiger partial charge in [-0.25, -0.2) is 21.4 Å². The molecule has 4 N–H and O–H groups in total.